The molecule has 180 valence electrons. The van der Waals surface area contributed by atoms with Crippen molar-refractivity contribution in [3.05, 3.63) is 101 Å². The van der Waals surface area contributed by atoms with Gasteiger partial charge in [0, 0.05) is 25.8 Å². The average molecular weight is 474 g/mol. The fraction of sp³-hybridized carbons (Fsp3) is 0.214. The Morgan fingerprint density at radius 3 is 2.29 bits per heavy atom. The molecule has 4 rings (SSSR count). The van der Waals surface area contributed by atoms with E-state index in [0.29, 0.717) is 36.5 Å². The molecule has 2 N–H and O–H groups in total. The second-order valence-corrected chi connectivity index (χ2v) is 8.23. The number of likely N-dealkylation sites (tertiary alicyclic amines) is 1. The zero-order chi connectivity index (χ0) is 24.8. The summed E-state index contributed by atoms with van der Waals surface area (Å²) in [6, 6.07) is 22.0. The number of benzene rings is 3. The molecule has 1 atom stereocenters. The Morgan fingerprint density at radius 2 is 1.63 bits per heavy atom. The number of ether oxygens (including phenoxy) is 2. The monoisotopic (exact) mass is 473 g/mol. The first kappa shape index (κ1) is 24.0. The standard InChI is InChI=1S/C28H27NO6/c1-34-17-5-16-29-25(20-8-12-22(30)13-9-20)24(27(32)28(29)33)26(31)21-10-14-23(15-11-21)35-18-19-6-3-2-4-7-19/h2-4,6-15,25,30-31H,5,16-18H2,1H3/b26-24+/t25-/m1/s1. The summed E-state index contributed by atoms with van der Waals surface area (Å²) < 4.78 is 10.9. The number of amides is 1. The summed E-state index contributed by atoms with van der Waals surface area (Å²) in [6.45, 7) is 1.11. The molecule has 7 nitrogen and oxygen atoms in total. The van der Waals surface area contributed by atoms with E-state index in [1.807, 2.05) is 30.3 Å². The molecule has 35 heavy (non-hydrogen) atoms. The summed E-state index contributed by atoms with van der Waals surface area (Å²) >= 11 is 0. The smallest absolute Gasteiger partial charge is 0.295 e. The molecular weight excluding hydrogens is 446 g/mol. The number of hydrogen-bond acceptors (Lipinski definition) is 6. The van der Waals surface area contributed by atoms with E-state index >= 15 is 0 Å². The van der Waals surface area contributed by atoms with Crippen LogP contribution in [0.2, 0.25) is 0 Å². The fourth-order valence-electron chi connectivity index (χ4n) is 4.10. The van der Waals surface area contributed by atoms with Crippen molar-refractivity contribution in [3.63, 3.8) is 0 Å². The van der Waals surface area contributed by atoms with Gasteiger partial charge in [-0.05, 0) is 53.9 Å². The molecule has 7 heteroatoms. The fourth-order valence-corrected chi connectivity index (χ4v) is 4.10. The third-order valence-corrected chi connectivity index (χ3v) is 5.87. The molecule has 1 amide bonds. The van der Waals surface area contributed by atoms with Crippen molar-refractivity contribution in [2.75, 3.05) is 20.3 Å². The van der Waals surface area contributed by atoms with Crippen LogP contribution in [0.4, 0.5) is 0 Å². The predicted octanol–water partition coefficient (Wildman–Crippen LogP) is 4.43. The van der Waals surface area contributed by atoms with E-state index in [9.17, 15) is 19.8 Å². The number of phenolic OH excluding ortho intramolecular Hbond substituents is 1. The van der Waals surface area contributed by atoms with Gasteiger partial charge in [0.1, 0.15) is 23.9 Å². The predicted molar refractivity (Wildman–Crippen MR) is 131 cm³/mol. The van der Waals surface area contributed by atoms with Crippen LogP contribution in [-0.4, -0.2) is 47.1 Å². The van der Waals surface area contributed by atoms with Gasteiger partial charge in [-0.15, -0.1) is 0 Å². The number of aromatic hydroxyl groups is 1. The summed E-state index contributed by atoms with van der Waals surface area (Å²) in [7, 11) is 1.57. The Bertz CT molecular complexity index is 1200. The van der Waals surface area contributed by atoms with Gasteiger partial charge in [0.25, 0.3) is 11.7 Å². The number of rotatable bonds is 9. The van der Waals surface area contributed by atoms with E-state index in [2.05, 4.69) is 0 Å². The van der Waals surface area contributed by atoms with E-state index in [1.165, 1.54) is 17.0 Å². The van der Waals surface area contributed by atoms with Gasteiger partial charge in [0.05, 0.1) is 11.6 Å². The van der Waals surface area contributed by atoms with Gasteiger partial charge in [0.15, 0.2) is 0 Å². The van der Waals surface area contributed by atoms with Gasteiger partial charge < -0.3 is 24.6 Å². The van der Waals surface area contributed by atoms with E-state index in [0.717, 1.165) is 5.56 Å². The molecule has 1 aliphatic rings. The lowest BCUT2D eigenvalue weighted by Gasteiger charge is -2.25. The number of aliphatic hydroxyl groups excluding tert-OH is 1. The van der Waals surface area contributed by atoms with Gasteiger partial charge in [0.2, 0.25) is 0 Å². The molecule has 0 spiro atoms. The lowest BCUT2D eigenvalue weighted by molar-refractivity contribution is -0.140. The number of methoxy groups -OCH3 is 1. The highest BCUT2D eigenvalue weighted by Crippen LogP contribution is 2.40. The average Bonchev–Trinajstić information content (AvgIpc) is 3.13. The molecule has 0 aromatic heterocycles. The summed E-state index contributed by atoms with van der Waals surface area (Å²) in [4.78, 5) is 27.4. The Hall–Kier alpha value is -4.10. The molecule has 0 unspecified atom stereocenters. The summed E-state index contributed by atoms with van der Waals surface area (Å²) in [5.41, 5.74) is 2.05. The molecule has 1 fully saturated rings. The Morgan fingerprint density at radius 1 is 0.943 bits per heavy atom. The van der Waals surface area contributed by atoms with Gasteiger partial charge in [-0.2, -0.15) is 0 Å². The molecule has 0 saturated carbocycles. The normalized spacial score (nSPS) is 17.1. The molecule has 0 radical (unpaired) electrons. The minimum absolute atomic E-state index is 0.0102. The third kappa shape index (κ3) is 5.36. The molecular formula is C28H27NO6. The van der Waals surface area contributed by atoms with Crippen LogP contribution >= 0.6 is 0 Å². The van der Waals surface area contributed by atoms with Crippen LogP contribution in [0.3, 0.4) is 0 Å². The lowest BCUT2D eigenvalue weighted by Crippen LogP contribution is -2.31. The first-order valence-electron chi connectivity index (χ1n) is 11.3. The van der Waals surface area contributed by atoms with E-state index in [4.69, 9.17) is 9.47 Å². The molecule has 1 saturated heterocycles. The van der Waals surface area contributed by atoms with Crippen molar-refractivity contribution in [2.24, 2.45) is 0 Å². The van der Waals surface area contributed by atoms with Crippen LogP contribution in [0, 0.1) is 0 Å². The number of carbonyl (C=O) groups excluding carboxylic acids is 2. The van der Waals surface area contributed by atoms with Crippen LogP contribution in [0.25, 0.3) is 5.76 Å². The minimum atomic E-state index is -0.776. The van der Waals surface area contributed by atoms with E-state index < -0.39 is 17.7 Å². The zero-order valence-corrected chi connectivity index (χ0v) is 19.4. The highest BCUT2D eigenvalue weighted by molar-refractivity contribution is 6.46. The molecule has 3 aromatic carbocycles. The van der Waals surface area contributed by atoms with Crippen LogP contribution in [0.5, 0.6) is 11.5 Å². The maximum Gasteiger partial charge on any atom is 0.295 e. The maximum absolute atomic E-state index is 13.0. The number of hydrogen-bond donors (Lipinski definition) is 2. The van der Waals surface area contributed by atoms with E-state index in [1.54, 1.807) is 43.5 Å². The quantitative estimate of drug-likeness (QED) is 0.207. The number of phenols is 1. The molecule has 0 bridgehead atoms. The van der Waals surface area contributed by atoms with Crippen molar-refractivity contribution in [1.29, 1.82) is 0 Å². The topological polar surface area (TPSA) is 96.3 Å². The highest BCUT2D eigenvalue weighted by Gasteiger charge is 2.45. The van der Waals surface area contributed by atoms with Crippen LogP contribution in [0.15, 0.2) is 84.4 Å². The number of carbonyl (C=O) groups is 2. The number of ketones is 1. The van der Waals surface area contributed by atoms with Crippen LogP contribution < -0.4 is 4.74 Å². The SMILES string of the molecule is COCCCN1C(=O)C(=O)/C(=C(/O)c2ccc(OCc3ccccc3)cc2)[C@H]1c1ccc(O)cc1. The third-order valence-electron chi connectivity index (χ3n) is 5.87. The molecule has 1 heterocycles. The van der Waals surface area contributed by atoms with Crippen molar-refractivity contribution in [2.45, 2.75) is 19.1 Å². The van der Waals surface area contributed by atoms with Gasteiger partial charge in [-0.1, -0.05) is 42.5 Å². The van der Waals surface area contributed by atoms with Gasteiger partial charge in [-0.3, -0.25) is 9.59 Å². The summed E-state index contributed by atoms with van der Waals surface area (Å²) in [6.07, 6.45) is 0.533. The second kappa shape index (κ2) is 10.9. The highest BCUT2D eigenvalue weighted by atomic mass is 16.5. The van der Waals surface area contributed by atoms with Crippen molar-refractivity contribution in [1.82, 2.24) is 4.90 Å². The zero-order valence-electron chi connectivity index (χ0n) is 19.4. The first-order valence-corrected chi connectivity index (χ1v) is 11.3. The Balaban J connectivity index is 1.63. The van der Waals surface area contributed by atoms with Gasteiger partial charge >= 0.3 is 0 Å². The molecule has 3 aromatic rings. The van der Waals surface area contributed by atoms with Crippen LogP contribution in [0.1, 0.15) is 29.2 Å². The number of Topliss-reactive ketones (excluding diaryl/α,β-unsaturated/α-hetero) is 1. The second-order valence-electron chi connectivity index (χ2n) is 8.23. The number of aliphatic hydroxyl groups is 1. The Labute approximate surface area is 203 Å². The Kier molecular flexibility index (Phi) is 7.48. The largest absolute Gasteiger partial charge is 0.508 e. The van der Waals surface area contributed by atoms with Crippen molar-refractivity contribution >= 4 is 17.4 Å². The molecule has 1 aliphatic heterocycles. The maximum atomic E-state index is 13.0. The minimum Gasteiger partial charge on any atom is -0.508 e. The first-order chi connectivity index (χ1) is 17.0. The van der Waals surface area contributed by atoms with Crippen molar-refractivity contribution in [3.8, 4) is 11.5 Å². The number of nitrogens with zero attached hydrogens (tertiary/aromatic N) is 1. The summed E-state index contributed by atoms with van der Waals surface area (Å²) in [5, 5.41) is 20.8. The van der Waals surface area contributed by atoms with Crippen LogP contribution in [-0.2, 0) is 20.9 Å². The lowest BCUT2D eigenvalue weighted by atomic mass is 9.95. The van der Waals surface area contributed by atoms with Gasteiger partial charge in [-0.25, -0.2) is 0 Å². The summed E-state index contributed by atoms with van der Waals surface area (Å²) in [5.74, 6) is -1.01. The molecule has 0 aliphatic carbocycles. The van der Waals surface area contributed by atoms with E-state index in [-0.39, 0.29) is 23.6 Å². The van der Waals surface area contributed by atoms with Crippen molar-refractivity contribution < 1.29 is 29.3 Å².